The molecule has 0 radical (unpaired) electrons. The van der Waals surface area contributed by atoms with Gasteiger partial charge in [-0.2, -0.15) is 0 Å². The second-order valence-electron chi connectivity index (χ2n) is 9.17. The average molecular weight is 595 g/mol. The minimum atomic E-state index is -0.934. The van der Waals surface area contributed by atoms with E-state index < -0.39 is 51.7 Å². The van der Waals surface area contributed by atoms with Crippen molar-refractivity contribution in [3.8, 4) is 5.75 Å². The molecule has 0 spiro atoms. The van der Waals surface area contributed by atoms with Crippen LogP contribution in [-0.2, 0) is 4.74 Å². The minimum absolute atomic E-state index is 0.0230. The average Bonchev–Trinajstić information content (AvgIpc) is 3.29. The van der Waals surface area contributed by atoms with E-state index in [0.717, 1.165) is 23.1 Å². The first kappa shape index (κ1) is 28.9. The number of hydrogen-bond donors (Lipinski definition) is 0. The number of esters is 2. The number of ether oxygens (including phenoxy) is 2. The van der Waals surface area contributed by atoms with E-state index in [9.17, 15) is 44.2 Å². The number of carbonyl (C=O) groups excluding carboxylic acids is 5. The van der Waals surface area contributed by atoms with Gasteiger partial charge >= 0.3 is 11.9 Å². The number of nitrogens with zero attached hydrogens (tertiary/aromatic N) is 3. The van der Waals surface area contributed by atoms with Gasteiger partial charge in [-0.1, -0.05) is 12.1 Å². The van der Waals surface area contributed by atoms with E-state index in [1.54, 1.807) is 0 Å². The molecule has 14 heteroatoms. The molecule has 0 aliphatic carbocycles. The van der Waals surface area contributed by atoms with Gasteiger partial charge in [0.15, 0.2) is 12.4 Å². The van der Waals surface area contributed by atoms with Gasteiger partial charge in [-0.25, -0.2) is 14.5 Å². The largest absolute Gasteiger partial charge is 0.454 e. The number of carbonyl (C=O) groups is 5. The first-order valence-corrected chi connectivity index (χ1v) is 12.6. The van der Waals surface area contributed by atoms with Gasteiger partial charge in [-0.05, 0) is 60.7 Å². The van der Waals surface area contributed by atoms with Crippen LogP contribution in [0.1, 0.15) is 51.8 Å². The molecule has 0 N–H and O–H groups in total. The Morgan fingerprint density at radius 1 is 0.705 bits per heavy atom. The second-order valence-corrected chi connectivity index (χ2v) is 9.17. The number of ketones is 1. The maximum Gasteiger partial charge on any atom is 0.343 e. The smallest absolute Gasteiger partial charge is 0.343 e. The Morgan fingerprint density at radius 2 is 1.36 bits per heavy atom. The number of hydrogen-bond acceptors (Lipinski definition) is 11. The van der Waals surface area contributed by atoms with E-state index >= 15 is 0 Å². The van der Waals surface area contributed by atoms with E-state index in [2.05, 4.69) is 0 Å². The molecule has 0 saturated carbocycles. The van der Waals surface area contributed by atoms with Gasteiger partial charge in [-0.3, -0.25) is 34.6 Å². The SMILES string of the molecule is O=C(COC(=O)c1cccc(N2C(=O)c3cccc([N+](=O)[O-])c3C2=O)c1)c1ccc(OC(=O)c2ccc([N+](=O)[O-])cc2)cc1. The summed E-state index contributed by atoms with van der Waals surface area (Å²) in [7, 11) is 0. The molecule has 5 rings (SSSR count). The first-order chi connectivity index (χ1) is 21.0. The first-order valence-electron chi connectivity index (χ1n) is 12.6. The standard InChI is InChI=1S/C30H17N3O11/c34-25(17-9-13-22(14-10-17)44-30(38)18-7-11-20(12-8-18)32(39)40)16-43-29(37)19-3-1-4-21(15-19)31-27(35)23-5-2-6-24(33(41)42)26(23)28(31)36/h1-15H,16H2. The fourth-order valence-electron chi connectivity index (χ4n) is 4.32. The quantitative estimate of drug-likeness (QED) is 0.0657. The molecule has 4 aromatic carbocycles. The van der Waals surface area contributed by atoms with Crippen LogP contribution in [0.2, 0.25) is 0 Å². The number of fused-ring (bicyclic) bond motifs is 1. The minimum Gasteiger partial charge on any atom is -0.454 e. The summed E-state index contributed by atoms with van der Waals surface area (Å²) in [4.78, 5) is 84.9. The number of amides is 2. The molecule has 0 aromatic heterocycles. The molecule has 1 aliphatic heterocycles. The van der Waals surface area contributed by atoms with Crippen LogP contribution < -0.4 is 9.64 Å². The van der Waals surface area contributed by atoms with Crippen LogP contribution in [0.4, 0.5) is 17.1 Å². The zero-order chi connectivity index (χ0) is 31.5. The molecular formula is C30H17N3O11. The molecule has 218 valence electrons. The molecule has 0 unspecified atom stereocenters. The fraction of sp³-hybridized carbons (Fsp3) is 0.0333. The Bertz CT molecular complexity index is 1880. The van der Waals surface area contributed by atoms with Crippen molar-refractivity contribution in [1.29, 1.82) is 0 Å². The van der Waals surface area contributed by atoms with Gasteiger partial charge in [0.05, 0.1) is 32.2 Å². The third-order valence-electron chi connectivity index (χ3n) is 6.46. The van der Waals surface area contributed by atoms with E-state index in [1.807, 2.05) is 0 Å². The number of nitro groups is 2. The maximum absolute atomic E-state index is 13.0. The molecule has 14 nitrogen and oxygen atoms in total. The number of benzene rings is 4. The number of nitro benzene ring substituents is 2. The van der Waals surface area contributed by atoms with Gasteiger partial charge in [0.2, 0.25) is 0 Å². The highest BCUT2D eigenvalue weighted by Gasteiger charge is 2.42. The summed E-state index contributed by atoms with van der Waals surface area (Å²) < 4.78 is 10.3. The van der Waals surface area contributed by atoms with Crippen molar-refractivity contribution in [1.82, 2.24) is 0 Å². The molecule has 0 atom stereocenters. The zero-order valence-electron chi connectivity index (χ0n) is 22.2. The lowest BCUT2D eigenvalue weighted by Gasteiger charge is -2.14. The summed E-state index contributed by atoms with van der Waals surface area (Å²) in [6.07, 6.45) is 0. The van der Waals surface area contributed by atoms with E-state index in [-0.39, 0.29) is 44.9 Å². The van der Waals surface area contributed by atoms with Gasteiger partial charge < -0.3 is 9.47 Å². The number of imide groups is 1. The highest BCUT2D eigenvalue weighted by atomic mass is 16.6. The predicted octanol–water partition coefficient (Wildman–Crippen LogP) is 4.56. The summed E-state index contributed by atoms with van der Waals surface area (Å²) in [5.41, 5.74) is -1.10. The summed E-state index contributed by atoms with van der Waals surface area (Å²) >= 11 is 0. The van der Waals surface area contributed by atoms with Crippen molar-refractivity contribution in [2.24, 2.45) is 0 Å². The molecule has 1 aliphatic rings. The summed E-state index contributed by atoms with van der Waals surface area (Å²) in [5.74, 6) is -3.91. The lowest BCUT2D eigenvalue weighted by atomic mass is 10.1. The predicted molar refractivity (Wildman–Crippen MR) is 150 cm³/mol. The lowest BCUT2D eigenvalue weighted by Crippen LogP contribution is -2.29. The van der Waals surface area contributed by atoms with Crippen molar-refractivity contribution >= 4 is 46.6 Å². The fourth-order valence-corrected chi connectivity index (χ4v) is 4.32. The molecule has 44 heavy (non-hydrogen) atoms. The van der Waals surface area contributed by atoms with Crippen LogP contribution >= 0.6 is 0 Å². The van der Waals surface area contributed by atoms with Crippen molar-refractivity contribution in [2.75, 3.05) is 11.5 Å². The Labute approximate surface area is 246 Å². The van der Waals surface area contributed by atoms with Crippen LogP contribution in [0.5, 0.6) is 5.75 Å². The Kier molecular flexibility index (Phi) is 7.72. The Hall–Kier alpha value is -6.57. The van der Waals surface area contributed by atoms with Crippen molar-refractivity contribution in [2.45, 2.75) is 0 Å². The summed E-state index contributed by atoms with van der Waals surface area (Å²) in [6.45, 7) is -0.662. The topological polar surface area (TPSA) is 193 Å². The highest BCUT2D eigenvalue weighted by Crippen LogP contribution is 2.34. The maximum atomic E-state index is 13.0. The molecule has 0 saturated heterocycles. The molecule has 0 bridgehead atoms. The highest BCUT2D eigenvalue weighted by molar-refractivity contribution is 6.35. The van der Waals surface area contributed by atoms with Gasteiger partial charge in [-0.15, -0.1) is 0 Å². The van der Waals surface area contributed by atoms with Crippen LogP contribution in [0.3, 0.4) is 0 Å². The third-order valence-corrected chi connectivity index (χ3v) is 6.46. The van der Waals surface area contributed by atoms with Crippen LogP contribution in [0, 0.1) is 20.2 Å². The Morgan fingerprint density at radius 3 is 2.02 bits per heavy atom. The Balaban J connectivity index is 1.21. The van der Waals surface area contributed by atoms with Gasteiger partial charge in [0.25, 0.3) is 23.2 Å². The third kappa shape index (κ3) is 5.62. The molecular weight excluding hydrogens is 578 g/mol. The van der Waals surface area contributed by atoms with E-state index in [1.165, 1.54) is 72.8 Å². The van der Waals surface area contributed by atoms with Crippen LogP contribution in [0.15, 0.2) is 91.0 Å². The molecule has 1 heterocycles. The normalized spacial score (nSPS) is 12.0. The molecule has 4 aromatic rings. The molecule has 2 amide bonds. The van der Waals surface area contributed by atoms with Gasteiger partial charge in [0, 0.05) is 23.8 Å². The van der Waals surface area contributed by atoms with Crippen molar-refractivity contribution in [3.05, 3.63) is 139 Å². The van der Waals surface area contributed by atoms with Crippen molar-refractivity contribution < 1.29 is 43.3 Å². The molecule has 0 fully saturated rings. The van der Waals surface area contributed by atoms with Crippen LogP contribution in [-0.4, -0.2) is 46.0 Å². The number of rotatable bonds is 9. The number of anilines is 1. The van der Waals surface area contributed by atoms with Crippen molar-refractivity contribution in [3.63, 3.8) is 0 Å². The van der Waals surface area contributed by atoms with E-state index in [0.29, 0.717) is 0 Å². The monoisotopic (exact) mass is 595 g/mol. The van der Waals surface area contributed by atoms with E-state index in [4.69, 9.17) is 9.47 Å². The summed E-state index contributed by atoms with van der Waals surface area (Å²) in [6, 6.07) is 19.1. The van der Waals surface area contributed by atoms with Gasteiger partial charge in [0.1, 0.15) is 11.3 Å². The zero-order valence-corrected chi connectivity index (χ0v) is 22.2. The lowest BCUT2D eigenvalue weighted by molar-refractivity contribution is -0.385. The number of Topliss-reactive ketones (excluding diaryl/α,β-unsaturated/α-hetero) is 1. The summed E-state index contributed by atoms with van der Waals surface area (Å²) in [5, 5.41) is 22.1. The number of non-ortho nitro benzene ring substituents is 1. The van der Waals surface area contributed by atoms with Crippen LogP contribution in [0.25, 0.3) is 0 Å². The second kappa shape index (κ2) is 11.7.